The highest BCUT2D eigenvalue weighted by atomic mass is 16.6. The molecule has 1 aromatic rings. The number of piperidine rings is 1. The van der Waals surface area contributed by atoms with Gasteiger partial charge >= 0.3 is 11.9 Å². The number of methoxy groups -OCH3 is 4. The van der Waals surface area contributed by atoms with Gasteiger partial charge in [-0.3, -0.25) is 9.69 Å². The molecule has 1 spiro atoms. The molecular formula is C34H47NO8. The van der Waals surface area contributed by atoms with Gasteiger partial charge in [0.2, 0.25) is 0 Å². The second-order valence-electron chi connectivity index (χ2n) is 14.1. The van der Waals surface area contributed by atoms with Crippen molar-refractivity contribution in [2.24, 2.45) is 40.4 Å². The van der Waals surface area contributed by atoms with Crippen molar-refractivity contribution in [3.8, 4) is 0 Å². The first-order valence-electron chi connectivity index (χ1n) is 16.0. The molecule has 6 fully saturated rings. The number of likely N-dealkylation sites (tertiary alicyclic amines) is 1. The molecule has 9 heteroatoms. The van der Waals surface area contributed by atoms with Crippen molar-refractivity contribution >= 4 is 11.9 Å². The van der Waals surface area contributed by atoms with Gasteiger partial charge in [0.25, 0.3) is 0 Å². The van der Waals surface area contributed by atoms with E-state index in [0.717, 1.165) is 32.4 Å². The topological polar surface area (TPSA) is 92.8 Å². The van der Waals surface area contributed by atoms with Crippen LogP contribution in [0.5, 0.6) is 0 Å². The molecule has 9 nitrogen and oxygen atoms in total. The van der Waals surface area contributed by atoms with Crippen molar-refractivity contribution in [3.05, 3.63) is 35.9 Å². The van der Waals surface area contributed by atoms with Crippen LogP contribution in [0.2, 0.25) is 0 Å². The van der Waals surface area contributed by atoms with Crippen molar-refractivity contribution in [3.63, 3.8) is 0 Å². The maximum absolute atomic E-state index is 14.2. The highest BCUT2D eigenvalue weighted by molar-refractivity contribution is 5.89. The second-order valence-corrected chi connectivity index (χ2v) is 14.1. The molecule has 0 unspecified atom stereocenters. The minimum absolute atomic E-state index is 0.00405. The van der Waals surface area contributed by atoms with Crippen LogP contribution < -0.4 is 0 Å². The Bertz CT molecular complexity index is 1240. The molecule has 1 aliphatic heterocycles. The monoisotopic (exact) mass is 597 g/mol. The fourth-order valence-electron chi connectivity index (χ4n) is 12.2. The van der Waals surface area contributed by atoms with Crippen molar-refractivity contribution in [2.45, 2.75) is 75.6 Å². The van der Waals surface area contributed by atoms with E-state index in [2.05, 4.69) is 11.8 Å². The molecule has 0 radical (unpaired) electrons. The molecule has 5 saturated carbocycles. The van der Waals surface area contributed by atoms with Crippen LogP contribution in [0.15, 0.2) is 30.3 Å². The Morgan fingerprint density at radius 1 is 1.00 bits per heavy atom. The van der Waals surface area contributed by atoms with Gasteiger partial charge in [0.1, 0.15) is 11.7 Å². The SMILES string of the molecule is CCN1C[C@]2(COC)CC[C@H](OC)[C@@]34[C@@H]5C[C@H]6[C@H](OC(C)=O)[C@@H]5[C@](OC(=O)c5ccccc5)(C[C@@H]6OC)[C@@H]([C@H](OC)[C@H]23)[C@@H]14. The van der Waals surface area contributed by atoms with E-state index in [0.29, 0.717) is 18.6 Å². The normalized spacial score (nSPS) is 47.3. The molecule has 7 bridgehead atoms. The quantitative estimate of drug-likeness (QED) is 0.396. The summed E-state index contributed by atoms with van der Waals surface area (Å²) in [5.74, 6) is -0.804. The highest BCUT2D eigenvalue weighted by Crippen LogP contribution is 2.80. The summed E-state index contributed by atoms with van der Waals surface area (Å²) in [4.78, 5) is 29.5. The van der Waals surface area contributed by atoms with Crippen LogP contribution >= 0.6 is 0 Å². The summed E-state index contributed by atoms with van der Waals surface area (Å²) in [5, 5.41) is 0. The fraction of sp³-hybridized carbons (Fsp3) is 0.765. The Hall–Kier alpha value is -2.04. The lowest BCUT2D eigenvalue weighted by molar-refractivity contribution is -0.276. The maximum atomic E-state index is 14.2. The summed E-state index contributed by atoms with van der Waals surface area (Å²) < 4.78 is 38.7. The van der Waals surface area contributed by atoms with Crippen LogP contribution in [0.3, 0.4) is 0 Å². The summed E-state index contributed by atoms with van der Waals surface area (Å²) in [5.41, 5.74) is -0.869. The molecule has 7 rings (SSSR count). The number of carbonyl (C=O) groups is 2. The third-order valence-electron chi connectivity index (χ3n) is 12.9. The van der Waals surface area contributed by atoms with Gasteiger partial charge in [0, 0.05) is 88.9 Å². The van der Waals surface area contributed by atoms with E-state index in [1.165, 1.54) is 6.92 Å². The number of hydrogen-bond acceptors (Lipinski definition) is 9. The van der Waals surface area contributed by atoms with Gasteiger partial charge in [-0.25, -0.2) is 4.79 Å². The first kappa shape index (κ1) is 29.7. The third kappa shape index (κ3) is 3.69. The maximum Gasteiger partial charge on any atom is 0.338 e. The van der Waals surface area contributed by atoms with Crippen LogP contribution in [0.25, 0.3) is 0 Å². The number of rotatable bonds is 9. The smallest absolute Gasteiger partial charge is 0.338 e. The molecule has 6 aliphatic rings. The summed E-state index contributed by atoms with van der Waals surface area (Å²) in [6.07, 6.45) is 2.42. The first-order valence-corrected chi connectivity index (χ1v) is 16.0. The lowest BCUT2D eigenvalue weighted by atomic mass is 9.43. The van der Waals surface area contributed by atoms with Gasteiger partial charge < -0.3 is 28.4 Å². The molecule has 0 aromatic heterocycles. The summed E-state index contributed by atoms with van der Waals surface area (Å²) in [6, 6.07) is 9.30. The zero-order chi connectivity index (χ0) is 30.3. The number of carbonyl (C=O) groups excluding carboxylic acids is 2. The lowest BCUT2D eigenvalue weighted by Gasteiger charge is -2.69. The summed E-state index contributed by atoms with van der Waals surface area (Å²) in [6.45, 7) is 6.12. The molecule has 13 atom stereocenters. The molecule has 43 heavy (non-hydrogen) atoms. The van der Waals surface area contributed by atoms with E-state index in [1.807, 2.05) is 32.4 Å². The Morgan fingerprint density at radius 2 is 1.77 bits per heavy atom. The van der Waals surface area contributed by atoms with E-state index in [1.54, 1.807) is 26.4 Å². The van der Waals surface area contributed by atoms with Crippen LogP contribution in [-0.2, 0) is 33.2 Å². The van der Waals surface area contributed by atoms with Crippen LogP contribution in [0, 0.1) is 40.4 Å². The molecule has 1 heterocycles. The Labute approximate surface area is 254 Å². The van der Waals surface area contributed by atoms with Gasteiger partial charge in [-0.05, 0) is 43.9 Å². The van der Waals surface area contributed by atoms with Crippen LogP contribution in [0.1, 0.15) is 49.9 Å². The number of benzene rings is 1. The number of fused-ring (bicyclic) bond motifs is 2. The summed E-state index contributed by atoms with van der Waals surface area (Å²) >= 11 is 0. The zero-order valence-corrected chi connectivity index (χ0v) is 26.3. The molecular weight excluding hydrogens is 550 g/mol. The number of hydrogen-bond donors (Lipinski definition) is 0. The van der Waals surface area contributed by atoms with E-state index in [-0.39, 0.29) is 76.7 Å². The molecule has 1 saturated heterocycles. The average molecular weight is 598 g/mol. The Kier molecular flexibility index (Phi) is 7.25. The fourth-order valence-corrected chi connectivity index (χ4v) is 12.2. The molecule has 1 aromatic carbocycles. The van der Waals surface area contributed by atoms with Crippen molar-refractivity contribution in [1.82, 2.24) is 4.90 Å². The average Bonchev–Trinajstić information content (AvgIpc) is 3.42. The molecule has 236 valence electrons. The van der Waals surface area contributed by atoms with Gasteiger partial charge in [0.05, 0.1) is 30.5 Å². The number of nitrogens with zero attached hydrogens (tertiary/aromatic N) is 1. The van der Waals surface area contributed by atoms with Crippen LogP contribution in [-0.4, -0.2) is 101 Å². The standard InChI is InChI=1S/C34H47NO8/c1-7-35-17-32(18-38-3)14-13-24(40-5)34-22-15-21-23(39-4)16-33(25(22)27(21)42-19(2)36,26(30(34)35)28(41-6)29(32)34)43-31(37)20-11-9-8-10-12-20/h8-12,21-30H,7,13-18H2,1-6H3/t21-,22-,23+,24+,25-,26+,27+,28+,29-,30-,32+,33-,34+/m1/s1. The lowest BCUT2D eigenvalue weighted by Crippen LogP contribution is -2.77. The van der Waals surface area contributed by atoms with Crippen molar-refractivity contribution < 1.29 is 38.0 Å². The zero-order valence-electron chi connectivity index (χ0n) is 26.3. The first-order chi connectivity index (χ1) is 20.8. The van der Waals surface area contributed by atoms with Crippen molar-refractivity contribution in [2.75, 3.05) is 48.1 Å². The highest BCUT2D eigenvalue weighted by Gasteiger charge is 2.88. The predicted molar refractivity (Wildman–Crippen MR) is 156 cm³/mol. The molecule has 5 aliphatic carbocycles. The summed E-state index contributed by atoms with van der Waals surface area (Å²) in [7, 11) is 7.20. The largest absolute Gasteiger partial charge is 0.462 e. The Balaban J connectivity index is 1.50. The minimum Gasteiger partial charge on any atom is -0.462 e. The number of ether oxygens (including phenoxy) is 6. The van der Waals surface area contributed by atoms with Gasteiger partial charge in [-0.15, -0.1) is 0 Å². The van der Waals surface area contributed by atoms with Gasteiger partial charge in [-0.2, -0.15) is 0 Å². The van der Waals surface area contributed by atoms with E-state index in [9.17, 15) is 9.59 Å². The second kappa shape index (κ2) is 10.5. The predicted octanol–water partition coefficient (Wildman–Crippen LogP) is 3.59. The van der Waals surface area contributed by atoms with Gasteiger partial charge in [-0.1, -0.05) is 25.1 Å². The van der Waals surface area contributed by atoms with Crippen LogP contribution in [0.4, 0.5) is 0 Å². The molecule has 0 amide bonds. The van der Waals surface area contributed by atoms with Gasteiger partial charge in [0.15, 0.2) is 0 Å². The van der Waals surface area contributed by atoms with E-state index >= 15 is 0 Å². The van der Waals surface area contributed by atoms with E-state index in [4.69, 9.17) is 28.4 Å². The third-order valence-corrected chi connectivity index (χ3v) is 12.9. The van der Waals surface area contributed by atoms with E-state index < -0.39 is 11.7 Å². The Morgan fingerprint density at radius 3 is 2.40 bits per heavy atom. The molecule has 0 N–H and O–H groups in total. The van der Waals surface area contributed by atoms with Crippen molar-refractivity contribution in [1.29, 1.82) is 0 Å². The number of esters is 2. The minimum atomic E-state index is -0.964.